The van der Waals surface area contributed by atoms with Gasteiger partial charge in [-0.2, -0.15) is 4.31 Å². The van der Waals surface area contributed by atoms with Crippen molar-refractivity contribution in [3.63, 3.8) is 0 Å². The molecule has 4 rings (SSSR count). The molecule has 0 aromatic heterocycles. The lowest BCUT2D eigenvalue weighted by atomic mass is 9.87. The van der Waals surface area contributed by atoms with Crippen LogP contribution in [0, 0.1) is 5.41 Å². The lowest BCUT2D eigenvalue weighted by Crippen LogP contribution is -2.41. The predicted octanol–water partition coefficient (Wildman–Crippen LogP) is 1.66. The van der Waals surface area contributed by atoms with Crippen LogP contribution in [0.25, 0.3) is 0 Å². The Balaban J connectivity index is 1.35. The van der Waals surface area contributed by atoms with Crippen LogP contribution < -0.4 is 5.32 Å². The highest BCUT2D eigenvalue weighted by Crippen LogP contribution is 2.38. The first-order valence-electron chi connectivity index (χ1n) is 10.1. The van der Waals surface area contributed by atoms with Crippen molar-refractivity contribution in [2.24, 2.45) is 10.4 Å². The predicted molar refractivity (Wildman–Crippen MR) is 109 cm³/mol. The van der Waals surface area contributed by atoms with Crippen molar-refractivity contribution in [3.05, 3.63) is 29.8 Å². The second kappa shape index (κ2) is 8.00. The van der Waals surface area contributed by atoms with Gasteiger partial charge in [0.05, 0.1) is 11.5 Å². The fourth-order valence-corrected chi connectivity index (χ4v) is 5.97. The molecule has 0 amide bonds. The normalized spacial score (nSPS) is 26.5. The van der Waals surface area contributed by atoms with Crippen molar-refractivity contribution in [2.75, 3.05) is 46.4 Å². The van der Waals surface area contributed by atoms with E-state index >= 15 is 0 Å². The molecular formula is C20H30N4O3S. The van der Waals surface area contributed by atoms with Gasteiger partial charge >= 0.3 is 0 Å². The third-order valence-electron chi connectivity index (χ3n) is 6.21. The van der Waals surface area contributed by atoms with Crippen molar-refractivity contribution in [1.29, 1.82) is 0 Å². The zero-order chi connectivity index (χ0) is 19.6. The van der Waals surface area contributed by atoms with Crippen molar-refractivity contribution < 1.29 is 13.2 Å². The molecule has 3 saturated heterocycles. The Kier molecular flexibility index (Phi) is 5.62. The molecule has 0 saturated carbocycles. The van der Waals surface area contributed by atoms with Crippen LogP contribution in [0.5, 0.6) is 0 Å². The van der Waals surface area contributed by atoms with Crippen molar-refractivity contribution >= 4 is 16.0 Å². The number of guanidine groups is 1. The van der Waals surface area contributed by atoms with E-state index in [4.69, 9.17) is 4.74 Å². The maximum Gasteiger partial charge on any atom is 0.243 e. The Hall–Kier alpha value is -1.64. The molecular weight excluding hydrogens is 376 g/mol. The van der Waals surface area contributed by atoms with E-state index in [0.717, 1.165) is 63.5 Å². The molecule has 3 fully saturated rings. The molecule has 1 aromatic rings. The molecule has 3 aliphatic heterocycles. The summed E-state index contributed by atoms with van der Waals surface area (Å²) < 4.78 is 32.4. The first kappa shape index (κ1) is 19.7. The van der Waals surface area contributed by atoms with E-state index in [-0.39, 0.29) is 0 Å². The average Bonchev–Trinajstić information content (AvgIpc) is 3.46. The standard InChI is InChI=1S/C20H30N4O3S/c1-21-19(23-12-8-20(15-23)9-13-27-16-20)22-14-17-4-6-18(7-5-17)28(25,26)24-10-2-3-11-24/h4-7H,2-3,8-16H2,1H3,(H,21,22). The summed E-state index contributed by atoms with van der Waals surface area (Å²) in [6, 6.07) is 7.21. The molecule has 0 aliphatic carbocycles. The van der Waals surface area contributed by atoms with Crippen molar-refractivity contribution in [1.82, 2.24) is 14.5 Å². The molecule has 7 nitrogen and oxygen atoms in total. The molecule has 0 radical (unpaired) electrons. The topological polar surface area (TPSA) is 74.2 Å². The zero-order valence-electron chi connectivity index (χ0n) is 16.6. The fraction of sp³-hybridized carbons (Fsp3) is 0.650. The number of ether oxygens (including phenoxy) is 1. The molecule has 0 bridgehead atoms. The van der Waals surface area contributed by atoms with Gasteiger partial charge in [-0.1, -0.05) is 12.1 Å². The van der Waals surface area contributed by atoms with Gasteiger partial charge in [0.2, 0.25) is 10.0 Å². The van der Waals surface area contributed by atoms with Gasteiger partial charge in [-0.05, 0) is 43.4 Å². The number of nitrogens with one attached hydrogen (secondary N) is 1. The van der Waals surface area contributed by atoms with Gasteiger partial charge in [0.1, 0.15) is 0 Å². The van der Waals surface area contributed by atoms with Gasteiger partial charge < -0.3 is 15.0 Å². The van der Waals surface area contributed by atoms with Crippen LogP contribution >= 0.6 is 0 Å². The van der Waals surface area contributed by atoms with Crippen molar-refractivity contribution in [2.45, 2.75) is 37.1 Å². The van der Waals surface area contributed by atoms with Crippen molar-refractivity contribution in [3.8, 4) is 0 Å². The first-order valence-corrected chi connectivity index (χ1v) is 11.6. The summed E-state index contributed by atoms with van der Waals surface area (Å²) in [5.74, 6) is 0.900. The maximum absolute atomic E-state index is 12.6. The summed E-state index contributed by atoms with van der Waals surface area (Å²) in [6.45, 7) is 5.58. The minimum atomic E-state index is -3.35. The number of hydrogen-bond donors (Lipinski definition) is 1. The molecule has 8 heteroatoms. The SMILES string of the molecule is CN=C(NCc1ccc(S(=O)(=O)N2CCCC2)cc1)N1CCC2(CCOC2)C1. The third kappa shape index (κ3) is 3.90. The van der Waals surface area contributed by atoms with E-state index < -0.39 is 10.0 Å². The van der Waals surface area contributed by atoms with Crippen LogP contribution in [0.15, 0.2) is 34.2 Å². The number of benzene rings is 1. The number of hydrogen-bond acceptors (Lipinski definition) is 4. The van der Waals surface area contributed by atoms with Gasteiger partial charge in [0, 0.05) is 51.8 Å². The lowest BCUT2D eigenvalue weighted by Gasteiger charge is -2.25. The van der Waals surface area contributed by atoms with Gasteiger partial charge in [-0.15, -0.1) is 0 Å². The summed E-state index contributed by atoms with van der Waals surface area (Å²) >= 11 is 0. The smallest absolute Gasteiger partial charge is 0.243 e. The van der Waals surface area contributed by atoms with Crippen LogP contribution in [0.1, 0.15) is 31.2 Å². The Bertz CT molecular complexity index is 810. The lowest BCUT2D eigenvalue weighted by molar-refractivity contribution is 0.156. The molecule has 1 aromatic carbocycles. The zero-order valence-corrected chi connectivity index (χ0v) is 17.4. The highest BCUT2D eigenvalue weighted by Gasteiger charge is 2.42. The minimum absolute atomic E-state index is 0.295. The number of sulfonamides is 1. The van der Waals surface area contributed by atoms with Crippen LogP contribution in [0.4, 0.5) is 0 Å². The van der Waals surface area contributed by atoms with Crippen LogP contribution in [0.2, 0.25) is 0 Å². The van der Waals surface area contributed by atoms with E-state index in [2.05, 4.69) is 15.2 Å². The Morgan fingerprint density at radius 1 is 1.18 bits per heavy atom. The molecule has 3 aliphatic rings. The molecule has 3 heterocycles. The Labute approximate surface area is 167 Å². The summed E-state index contributed by atoms with van der Waals surface area (Å²) in [4.78, 5) is 7.12. The second-order valence-electron chi connectivity index (χ2n) is 8.13. The minimum Gasteiger partial charge on any atom is -0.381 e. The highest BCUT2D eigenvalue weighted by molar-refractivity contribution is 7.89. The Morgan fingerprint density at radius 2 is 1.93 bits per heavy atom. The maximum atomic E-state index is 12.6. The highest BCUT2D eigenvalue weighted by atomic mass is 32.2. The molecule has 28 heavy (non-hydrogen) atoms. The van der Waals surface area contributed by atoms with Gasteiger partial charge in [-0.25, -0.2) is 8.42 Å². The molecule has 1 atom stereocenters. The van der Waals surface area contributed by atoms with Gasteiger partial charge in [0.25, 0.3) is 0 Å². The molecule has 1 unspecified atom stereocenters. The van der Waals surface area contributed by atoms with Gasteiger partial charge in [0.15, 0.2) is 5.96 Å². The number of aliphatic imine (C=N–C) groups is 1. The molecule has 1 N–H and O–H groups in total. The summed E-state index contributed by atoms with van der Waals surface area (Å²) in [6.07, 6.45) is 4.18. The van der Waals surface area contributed by atoms with Crippen LogP contribution in [0.3, 0.4) is 0 Å². The van der Waals surface area contributed by atoms with Crippen LogP contribution in [-0.4, -0.2) is 70.0 Å². The summed E-state index contributed by atoms with van der Waals surface area (Å²) in [5, 5.41) is 3.42. The van der Waals surface area contributed by atoms with Crippen LogP contribution in [-0.2, 0) is 21.3 Å². The monoisotopic (exact) mass is 406 g/mol. The van der Waals surface area contributed by atoms with E-state index in [0.29, 0.717) is 29.9 Å². The molecule has 1 spiro atoms. The van der Waals surface area contributed by atoms with Gasteiger partial charge in [-0.3, -0.25) is 4.99 Å². The number of rotatable bonds is 4. The number of nitrogens with zero attached hydrogens (tertiary/aromatic N) is 3. The summed E-state index contributed by atoms with van der Waals surface area (Å²) in [7, 11) is -1.54. The van der Waals surface area contributed by atoms with E-state index in [1.165, 1.54) is 0 Å². The average molecular weight is 407 g/mol. The quantitative estimate of drug-likeness (QED) is 0.608. The fourth-order valence-electron chi connectivity index (χ4n) is 4.46. The second-order valence-corrected chi connectivity index (χ2v) is 10.1. The number of likely N-dealkylation sites (tertiary alicyclic amines) is 1. The Morgan fingerprint density at radius 3 is 2.57 bits per heavy atom. The van der Waals surface area contributed by atoms with E-state index in [9.17, 15) is 8.42 Å². The third-order valence-corrected chi connectivity index (χ3v) is 8.12. The summed E-state index contributed by atoms with van der Waals surface area (Å²) in [5.41, 5.74) is 1.34. The van der Waals surface area contributed by atoms with E-state index in [1.807, 2.05) is 19.2 Å². The van der Waals surface area contributed by atoms with E-state index in [1.54, 1.807) is 16.4 Å². The first-order chi connectivity index (χ1) is 13.5. The molecule has 154 valence electrons. The largest absolute Gasteiger partial charge is 0.381 e.